The lowest BCUT2D eigenvalue weighted by Crippen LogP contribution is -2.36. The fourth-order valence-corrected chi connectivity index (χ4v) is 2.60. The van der Waals surface area contributed by atoms with Crippen LogP contribution in [0.2, 0.25) is 0 Å². The Morgan fingerprint density at radius 1 is 1.36 bits per heavy atom. The van der Waals surface area contributed by atoms with Crippen LogP contribution < -0.4 is 0 Å². The molecular weight excluding hydrogens is 240 g/mol. The molecule has 0 amide bonds. The monoisotopic (exact) mass is 262 g/mol. The van der Waals surface area contributed by atoms with Crippen molar-refractivity contribution in [3.05, 3.63) is 0 Å². The van der Waals surface area contributed by atoms with Gasteiger partial charge in [-0.15, -0.1) is 0 Å². The zero-order valence-corrected chi connectivity index (χ0v) is 11.1. The van der Waals surface area contributed by atoms with Gasteiger partial charge in [-0.2, -0.15) is 0 Å². The van der Waals surface area contributed by atoms with Crippen molar-refractivity contribution in [3.63, 3.8) is 0 Å². The molecule has 2 heteroatoms. The molecule has 1 rings (SSSR count). The Morgan fingerprint density at radius 2 is 2.07 bits per heavy atom. The molecule has 0 aromatic rings. The lowest BCUT2D eigenvalue weighted by atomic mass is 9.71. The van der Waals surface area contributed by atoms with Crippen LogP contribution in [0, 0.1) is 11.3 Å². The summed E-state index contributed by atoms with van der Waals surface area (Å²) >= 11 is 3.60. The molecular formula is C12H23BrO. The summed E-state index contributed by atoms with van der Waals surface area (Å²) in [7, 11) is 0. The Kier molecular flexibility index (Phi) is 5.47. The van der Waals surface area contributed by atoms with Crippen molar-refractivity contribution in [2.75, 3.05) is 18.5 Å². The van der Waals surface area contributed by atoms with Crippen molar-refractivity contribution in [2.24, 2.45) is 11.3 Å². The van der Waals surface area contributed by atoms with Crippen LogP contribution in [-0.2, 0) is 4.74 Å². The maximum Gasteiger partial charge on any atom is 0.0530 e. The zero-order valence-electron chi connectivity index (χ0n) is 9.52. The van der Waals surface area contributed by atoms with E-state index >= 15 is 0 Å². The lowest BCUT2D eigenvalue weighted by Gasteiger charge is -2.40. The molecule has 0 radical (unpaired) electrons. The van der Waals surface area contributed by atoms with Gasteiger partial charge in [-0.1, -0.05) is 36.2 Å². The first-order chi connectivity index (χ1) is 6.68. The highest BCUT2D eigenvalue weighted by atomic mass is 79.9. The highest BCUT2D eigenvalue weighted by Crippen LogP contribution is 2.42. The van der Waals surface area contributed by atoms with Crippen LogP contribution in [0.1, 0.15) is 46.0 Å². The van der Waals surface area contributed by atoms with E-state index in [4.69, 9.17) is 4.74 Å². The standard InChI is InChI=1S/C12H23BrO/c1-11(2)5-3-8-14-10-12(9-13)6-4-7-12/h11H,3-10H2,1-2H3. The molecule has 14 heavy (non-hydrogen) atoms. The highest BCUT2D eigenvalue weighted by Gasteiger charge is 2.35. The number of halogens is 1. The summed E-state index contributed by atoms with van der Waals surface area (Å²) in [5, 5.41) is 1.12. The summed E-state index contributed by atoms with van der Waals surface area (Å²) in [4.78, 5) is 0. The molecule has 0 aliphatic heterocycles. The highest BCUT2D eigenvalue weighted by molar-refractivity contribution is 9.09. The molecule has 1 saturated carbocycles. The number of alkyl halides is 1. The Balaban J connectivity index is 1.97. The minimum absolute atomic E-state index is 0.498. The molecule has 1 aliphatic rings. The maximum atomic E-state index is 5.75. The second kappa shape index (κ2) is 6.12. The van der Waals surface area contributed by atoms with Gasteiger partial charge in [0.1, 0.15) is 0 Å². The molecule has 0 spiro atoms. The largest absolute Gasteiger partial charge is 0.381 e. The average Bonchev–Trinajstić information content (AvgIpc) is 2.08. The van der Waals surface area contributed by atoms with Gasteiger partial charge in [0.2, 0.25) is 0 Å². The van der Waals surface area contributed by atoms with Crippen LogP contribution in [0.5, 0.6) is 0 Å². The number of rotatable bonds is 7. The Labute approximate surface area is 96.7 Å². The molecule has 84 valence electrons. The van der Waals surface area contributed by atoms with Gasteiger partial charge in [0.05, 0.1) is 6.61 Å². The Bertz CT molecular complexity index is 147. The van der Waals surface area contributed by atoms with Crippen molar-refractivity contribution in [1.82, 2.24) is 0 Å². The number of hydrogen-bond donors (Lipinski definition) is 0. The van der Waals surface area contributed by atoms with Gasteiger partial charge < -0.3 is 4.74 Å². The second-order valence-electron chi connectivity index (χ2n) is 5.08. The summed E-state index contributed by atoms with van der Waals surface area (Å²) < 4.78 is 5.75. The van der Waals surface area contributed by atoms with Crippen molar-refractivity contribution >= 4 is 15.9 Å². The zero-order chi connectivity index (χ0) is 10.4. The normalized spacial score (nSPS) is 19.7. The van der Waals surface area contributed by atoms with Crippen molar-refractivity contribution in [1.29, 1.82) is 0 Å². The topological polar surface area (TPSA) is 9.23 Å². The first-order valence-corrected chi connectivity index (χ1v) is 6.94. The summed E-state index contributed by atoms with van der Waals surface area (Å²) in [6, 6.07) is 0. The van der Waals surface area contributed by atoms with Crippen LogP contribution in [0.15, 0.2) is 0 Å². The lowest BCUT2D eigenvalue weighted by molar-refractivity contribution is 0.00898. The molecule has 0 atom stereocenters. The van der Waals surface area contributed by atoms with Crippen LogP contribution in [0.4, 0.5) is 0 Å². The summed E-state index contributed by atoms with van der Waals surface area (Å²) in [5.74, 6) is 0.812. The van der Waals surface area contributed by atoms with Crippen LogP contribution in [0.3, 0.4) is 0 Å². The van der Waals surface area contributed by atoms with Gasteiger partial charge in [0.15, 0.2) is 0 Å². The smallest absolute Gasteiger partial charge is 0.0530 e. The molecule has 0 aromatic heterocycles. The summed E-state index contributed by atoms with van der Waals surface area (Å²) in [6.45, 7) is 6.46. The number of ether oxygens (including phenoxy) is 1. The van der Waals surface area contributed by atoms with Gasteiger partial charge in [0.25, 0.3) is 0 Å². The van der Waals surface area contributed by atoms with E-state index in [-0.39, 0.29) is 0 Å². The Morgan fingerprint density at radius 3 is 2.50 bits per heavy atom. The minimum Gasteiger partial charge on any atom is -0.381 e. The van der Waals surface area contributed by atoms with Crippen molar-refractivity contribution in [2.45, 2.75) is 46.0 Å². The van der Waals surface area contributed by atoms with E-state index in [1.807, 2.05) is 0 Å². The molecule has 0 N–H and O–H groups in total. The van der Waals surface area contributed by atoms with E-state index in [0.29, 0.717) is 5.41 Å². The average molecular weight is 263 g/mol. The third kappa shape index (κ3) is 3.90. The van der Waals surface area contributed by atoms with Gasteiger partial charge >= 0.3 is 0 Å². The number of hydrogen-bond acceptors (Lipinski definition) is 1. The van der Waals surface area contributed by atoms with E-state index in [0.717, 1.165) is 24.5 Å². The molecule has 1 aliphatic carbocycles. The fourth-order valence-electron chi connectivity index (χ4n) is 1.88. The third-order valence-electron chi connectivity index (χ3n) is 3.18. The quantitative estimate of drug-likeness (QED) is 0.498. The fraction of sp³-hybridized carbons (Fsp3) is 1.00. The second-order valence-corrected chi connectivity index (χ2v) is 5.64. The van der Waals surface area contributed by atoms with Gasteiger partial charge in [-0.3, -0.25) is 0 Å². The van der Waals surface area contributed by atoms with E-state index in [9.17, 15) is 0 Å². The molecule has 0 unspecified atom stereocenters. The summed E-state index contributed by atoms with van der Waals surface area (Å²) in [5.41, 5.74) is 0.498. The van der Waals surface area contributed by atoms with E-state index < -0.39 is 0 Å². The van der Waals surface area contributed by atoms with Gasteiger partial charge in [-0.05, 0) is 31.6 Å². The molecule has 1 nitrogen and oxygen atoms in total. The molecule has 0 saturated heterocycles. The van der Waals surface area contributed by atoms with Gasteiger partial charge in [-0.25, -0.2) is 0 Å². The minimum atomic E-state index is 0.498. The van der Waals surface area contributed by atoms with Crippen LogP contribution in [0.25, 0.3) is 0 Å². The molecule has 0 bridgehead atoms. The Hall–Kier alpha value is 0.440. The van der Waals surface area contributed by atoms with E-state index in [1.165, 1.54) is 32.1 Å². The van der Waals surface area contributed by atoms with Crippen molar-refractivity contribution < 1.29 is 4.74 Å². The maximum absolute atomic E-state index is 5.75. The molecule has 0 heterocycles. The van der Waals surface area contributed by atoms with Crippen LogP contribution >= 0.6 is 15.9 Å². The molecule has 1 fully saturated rings. The predicted octanol–water partition coefficient (Wildman–Crippen LogP) is 4.00. The predicted molar refractivity (Wildman–Crippen MR) is 65.0 cm³/mol. The first kappa shape index (κ1) is 12.5. The van der Waals surface area contributed by atoms with Crippen LogP contribution in [-0.4, -0.2) is 18.5 Å². The van der Waals surface area contributed by atoms with E-state index in [1.54, 1.807) is 0 Å². The summed E-state index contributed by atoms with van der Waals surface area (Å²) in [6.07, 6.45) is 6.60. The van der Waals surface area contributed by atoms with Gasteiger partial charge in [0, 0.05) is 17.4 Å². The third-order valence-corrected chi connectivity index (χ3v) is 4.37. The molecule has 0 aromatic carbocycles. The van der Waals surface area contributed by atoms with Crippen molar-refractivity contribution in [3.8, 4) is 0 Å². The first-order valence-electron chi connectivity index (χ1n) is 5.82. The van der Waals surface area contributed by atoms with E-state index in [2.05, 4.69) is 29.8 Å². The SMILES string of the molecule is CC(C)CCCOCC1(CBr)CCC1.